The van der Waals surface area contributed by atoms with Gasteiger partial charge in [0.15, 0.2) is 0 Å². The van der Waals surface area contributed by atoms with Crippen LogP contribution in [0.1, 0.15) is 18.9 Å². The summed E-state index contributed by atoms with van der Waals surface area (Å²) in [5.41, 5.74) is -0.696. The second-order valence-electron chi connectivity index (χ2n) is 4.25. The lowest BCUT2D eigenvalue weighted by atomic mass is 10.2. The number of rotatable bonds is 7. The molecule has 20 heavy (non-hydrogen) atoms. The monoisotopic (exact) mass is 310 g/mol. The molecule has 1 aromatic carbocycles. The number of nitrogens with one attached hydrogen (secondary N) is 2. The molecular weight excluding hydrogens is 293 g/mol. The Balaban J connectivity index is 2.59. The molecule has 0 saturated heterocycles. The lowest BCUT2D eigenvalue weighted by Crippen LogP contribution is -2.27. The Kier molecular flexibility index (Phi) is 5.82. The van der Waals surface area contributed by atoms with E-state index >= 15 is 0 Å². The van der Waals surface area contributed by atoms with Crippen molar-refractivity contribution in [2.45, 2.75) is 19.5 Å². The summed E-state index contributed by atoms with van der Waals surface area (Å²) in [6.07, 6.45) is -3.53. The Morgan fingerprint density at radius 3 is 2.20 bits per heavy atom. The van der Waals surface area contributed by atoms with Crippen LogP contribution < -0.4 is 10.0 Å². The van der Waals surface area contributed by atoms with Crippen LogP contribution in [0.2, 0.25) is 0 Å². The van der Waals surface area contributed by atoms with Crippen LogP contribution in [0.3, 0.4) is 0 Å². The topological polar surface area (TPSA) is 58.2 Å². The summed E-state index contributed by atoms with van der Waals surface area (Å²) in [6.45, 7) is 2.97. The fraction of sp³-hybridized carbons (Fsp3) is 0.500. The number of halogens is 3. The van der Waals surface area contributed by atoms with Gasteiger partial charge in [-0.15, -0.1) is 0 Å². The minimum atomic E-state index is -4.43. The Hall–Kier alpha value is -1.28. The third kappa shape index (κ3) is 5.79. The van der Waals surface area contributed by atoms with E-state index < -0.39 is 21.8 Å². The van der Waals surface area contributed by atoms with E-state index in [1.807, 2.05) is 6.92 Å². The quantitative estimate of drug-likeness (QED) is 0.761. The van der Waals surface area contributed by atoms with Crippen LogP contribution in [-0.2, 0) is 16.2 Å². The Morgan fingerprint density at radius 1 is 1.10 bits per heavy atom. The summed E-state index contributed by atoms with van der Waals surface area (Å²) in [7, 11) is -3.56. The largest absolute Gasteiger partial charge is 0.416 e. The van der Waals surface area contributed by atoms with Crippen LogP contribution in [0.15, 0.2) is 24.3 Å². The average Bonchev–Trinajstić information content (AvgIpc) is 2.34. The number of hydrogen-bond acceptors (Lipinski definition) is 3. The average molecular weight is 310 g/mol. The van der Waals surface area contributed by atoms with E-state index in [9.17, 15) is 21.6 Å². The highest BCUT2D eigenvalue weighted by Crippen LogP contribution is 2.29. The Morgan fingerprint density at radius 2 is 1.70 bits per heavy atom. The fourth-order valence-electron chi connectivity index (χ4n) is 1.47. The number of anilines is 1. The van der Waals surface area contributed by atoms with Gasteiger partial charge in [0.05, 0.1) is 11.3 Å². The van der Waals surface area contributed by atoms with Gasteiger partial charge < -0.3 is 5.32 Å². The van der Waals surface area contributed by atoms with Crippen molar-refractivity contribution < 1.29 is 21.6 Å². The maximum absolute atomic E-state index is 12.3. The molecule has 0 fully saturated rings. The van der Waals surface area contributed by atoms with E-state index in [1.165, 1.54) is 0 Å². The van der Waals surface area contributed by atoms with Gasteiger partial charge in [-0.1, -0.05) is 6.92 Å². The standard InChI is InChI=1S/C12H17F3N2O2S/c1-2-7-16-8-9-20(18,19)17-11-5-3-10(4-6-11)12(13,14)15/h3-6,16-17H,2,7-9H2,1H3. The minimum Gasteiger partial charge on any atom is -0.316 e. The van der Waals surface area contributed by atoms with Crippen molar-refractivity contribution in [2.75, 3.05) is 23.6 Å². The van der Waals surface area contributed by atoms with Gasteiger partial charge in [-0.3, -0.25) is 4.72 Å². The molecule has 8 heteroatoms. The normalized spacial score (nSPS) is 12.4. The molecule has 0 heterocycles. The summed E-state index contributed by atoms with van der Waals surface area (Å²) in [5, 5.41) is 2.94. The number of hydrogen-bond donors (Lipinski definition) is 2. The van der Waals surface area contributed by atoms with Gasteiger partial charge in [0.2, 0.25) is 10.0 Å². The smallest absolute Gasteiger partial charge is 0.316 e. The number of sulfonamides is 1. The first-order chi connectivity index (χ1) is 9.24. The highest BCUT2D eigenvalue weighted by Gasteiger charge is 2.30. The van der Waals surface area contributed by atoms with Crippen LogP contribution in [-0.4, -0.2) is 27.3 Å². The molecule has 114 valence electrons. The first kappa shape index (κ1) is 16.8. The van der Waals surface area contributed by atoms with E-state index in [2.05, 4.69) is 10.0 Å². The molecule has 1 aromatic rings. The maximum Gasteiger partial charge on any atom is 0.416 e. The molecule has 0 spiro atoms. The van der Waals surface area contributed by atoms with Gasteiger partial charge in [-0.2, -0.15) is 13.2 Å². The zero-order valence-electron chi connectivity index (χ0n) is 11.0. The Bertz CT molecular complexity index is 512. The second kappa shape index (κ2) is 6.94. The molecule has 0 aliphatic rings. The lowest BCUT2D eigenvalue weighted by Gasteiger charge is -2.10. The molecule has 0 unspecified atom stereocenters. The highest BCUT2D eigenvalue weighted by atomic mass is 32.2. The predicted octanol–water partition coefficient (Wildman–Crippen LogP) is 2.45. The highest BCUT2D eigenvalue weighted by molar-refractivity contribution is 7.92. The van der Waals surface area contributed by atoms with Crippen molar-refractivity contribution in [3.05, 3.63) is 29.8 Å². The van der Waals surface area contributed by atoms with Crippen molar-refractivity contribution in [1.82, 2.24) is 5.32 Å². The van der Waals surface area contributed by atoms with Gasteiger partial charge in [0.25, 0.3) is 0 Å². The lowest BCUT2D eigenvalue weighted by molar-refractivity contribution is -0.137. The minimum absolute atomic E-state index is 0.119. The molecule has 4 nitrogen and oxygen atoms in total. The molecule has 0 aliphatic heterocycles. The van der Waals surface area contributed by atoms with Gasteiger partial charge in [0, 0.05) is 12.2 Å². The fourth-order valence-corrected chi connectivity index (χ4v) is 2.48. The summed E-state index contributed by atoms with van der Waals surface area (Å²) in [5.74, 6) is -0.131. The van der Waals surface area contributed by atoms with E-state index in [4.69, 9.17) is 0 Å². The van der Waals surface area contributed by atoms with E-state index in [1.54, 1.807) is 0 Å². The van der Waals surface area contributed by atoms with Crippen molar-refractivity contribution in [1.29, 1.82) is 0 Å². The van der Waals surface area contributed by atoms with Crippen LogP contribution >= 0.6 is 0 Å². The van der Waals surface area contributed by atoms with Gasteiger partial charge in [-0.25, -0.2) is 8.42 Å². The summed E-state index contributed by atoms with van der Waals surface area (Å²) >= 11 is 0. The van der Waals surface area contributed by atoms with E-state index in [-0.39, 0.29) is 11.4 Å². The second-order valence-corrected chi connectivity index (χ2v) is 6.09. The zero-order valence-corrected chi connectivity index (χ0v) is 11.8. The SMILES string of the molecule is CCCNCCS(=O)(=O)Nc1ccc(C(F)(F)F)cc1. The van der Waals surface area contributed by atoms with Crippen molar-refractivity contribution in [3.63, 3.8) is 0 Å². The summed E-state index contributed by atoms with van der Waals surface area (Å²) < 4.78 is 62.6. The molecule has 0 aromatic heterocycles. The van der Waals surface area contributed by atoms with E-state index in [0.29, 0.717) is 6.54 Å². The van der Waals surface area contributed by atoms with Crippen molar-refractivity contribution >= 4 is 15.7 Å². The molecule has 0 bridgehead atoms. The van der Waals surface area contributed by atoms with Crippen molar-refractivity contribution in [3.8, 4) is 0 Å². The van der Waals surface area contributed by atoms with Crippen molar-refractivity contribution in [2.24, 2.45) is 0 Å². The van der Waals surface area contributed by atoms with E-state index in [0.717, 1.165) is 37.2 Å². The third-order valence-corrected chi connectivity index (χ3v) is 3.75. The molecule has 2 N–H and O–H groups in total. The molecule has 0 aliphatic carbocycles. The van der Waals surface area contributed by atoms with Crippen LogP contribution in [0.5, 0.6) is 0 Å². The third-order valence-electron chi connectivity index (χ3n) is 2.46. The first-order valence-electron chi connectivity index (χ1n) is 6.13. The van der Waals surface area contributed by atoms with Gasteiger partial charge in [-0.05, 0) is 37.2 Å². The first-order valence-corrected chi connectivity index (χ1v) is 7.78. The maximum atomic E-state index is 12.3. The molecular formula is C12H17F3N2O2S. The molecule has 0 saturated carbocycles. The van der Waals surface area contributed by atoms with Gasteiger partial charge >= 0.3 is 6.18 Å². The van der Waals surface area contributed by atoms with Gasteiger partial charge in [0.1, 0.15) is 0 Å². The van der Waals surface area contributed by atoms with Crippen LogP contribution in [0.25, 0.3) is 0 Å². The molecule has 0 amide bonds. The summed E-state index contributed by atoms with van der Waals surface area (Å²) in [4.78, 5) is 0. The molecule has 0 atom stereocenters. The summed E-state index contributed by atoms with van der Waals surface area (Å²) in [6, 6.07) is 3.88. The molecule has 1 rings (SSSR count). The Labute approximate surface area is 116 Å². The van der Waals surface area contributed by atoms with Crippen LogP contribution in [0, 0.1) is 0 Å². The molecule has 0 radical (unpaired) electrons. The number of alkyl halides is 3. The predicted molar refractivity (Wildman–Crippen MR) is 72.0 cm³/mol. The number of benzene rings is 1. The zero-order chi connectivity index (χ0) is 15.2. The van der Waals surface area contributed by atoms with Crippen LogP contribution in [0.4, 0.5) is 18.9 Å².